The molecule has 2 heterocycles. The van der Waals surface area contributed by atoms with Crippen LogP contribution in [0, 0.1) is 11.3 Å². The number of amides is 2. The number of anilines is 2. The molecule has 1 unspecified atom stereocenters. The highest BCUT2D eigenvalue weighted by molar-refractivity contribution is 6.06. The summed E-state index contributed by atoms with van der Waals surface area (Å²) in [7, 11) is 0. The van der Waals surface area contributed by atoms with E-state index in [9.17, 15) is 9.59 Å². The summed E-state index contributed by atoms with van der Waals surface area (Å²) in [4.78, 5) is 28.4. The molecule has 1 aliphatic carbocycles. The maximum absolute atomic E-state index is 12.6. The number of carbonyl (C=O) groups is 2. The average molecular weight is 318 g/mol. The lowest BCUT2D eigenvalue weighted by Gasteiger charge is -2.20. The minimum Gasteiger partial charge on any atom is -0.325 e. The lowest BCUT2D eigenvalue weighted by Crippen LogP contribution is -2.35. The lowest BCUT2D eigenvalue weighted by molar-refractivity contribution is -0.120. The van der Waals surface area contributed by atoms with Crippen molar-refractivity contribution in [1.82, 2.24) is 4.98 Å². The van der Waals surface area contributed by atoms with Gasteiger partial charge in [0.15, 0.2) is 0 Å². The average Bonchev–Trinajstić information content (AvgIpc) is 3.07. The number of nitrogens with zero attached hydrogens (tertiary/aromatic N) is 2. The molecule has 0 saturated heterocycles. The molecule has 4 rings (SSSR count). The predicted octanol–water partition coefficient (Wildman–Crippen LogP) is 1.92. The topological polar surface area (TPSA) is 94.9 Å². The van der Waals surface area contributed by atoms with Crippen molar-refractivity contribution in [2.45, 2.75) is 24.7 Å². The Labute approximate surface area is 138 Å². The molecule has 118 valence electrons. The first-order valence-corrected chi connectivity index (χ1v) is 7.68. The number of rotatable bonds is 2. The molecule has 0 bridgehead atoms. The summed E-state index contributed by atoms with van der Waals surface area (Å²) in [6, 6.07) is 11.3. The van der Waals surface area contributed by atoms with Crippen LogP contribution in [-0.2, 0) is 27.8 Å². The first kappa shape index (κ1) is 14.4. The summed E-state index contributed by atoms with van der Waals surface area (Å²) in [6.45, 7) is 0. The number of benzene rings is 1. The second-order valence-electron chi connectivity index (χ2n) is 6.16. The van der Waals surface area contributed by atoms with E-state index in [0.717, 1.165) is 16.7 Å². The van der Waals surface area contributed by atoms with Crippen molar-refractivity contribution in [3.05, 3.63) is 53.2 Å². The molecule has 2 aromatic rings. The normalized spacial score (nSPS) is 20.2. The number of hydrogen-bond acceptors (Lipinski definition) is 4. The molecule has 0 fully saturated rings. The summed E-state index contributed by atoms with van der Waals surface area (Å²) >= 11 is 0. The van der Waals surface area contributed by atoms with Crippen LogP contribution < -0.4 is 10.6 Å². The largest absolute Gasteiger partial charge is 0.325 e. The van der Waals surface area contributed by atoms with Crippen molar-refractivity contribution in [2.24, 2.45) is 0 Å². The summed E-state index contributed by atoms with van der Waals surface area (Å²) < 4.78 is 0. The molecule has 1 atom stereocenters. The second-order valence-corrected chi connectivity index (χ2v) is 6.16. The van der Waals surface area contributed by atoms with Crippen LogP contribution in [0.1, 0.15) is 23.1 Å². The van der Waals surface area contributed by atoms with Crippen LogP contribution in [0.4, 0.5) is 11.5 Å². The molecule has 2 aliphatic rings. The number of carbonyl (C=O) groups excluding carboxylic acids is 2. The van der Waals surface area contributed by atoms with Gasteiger partial charge in [0.05, 0.1) is 11.5 Å². The summed E-state index contributed by atoms with van der Waals surface area (Å²) in [6.07, 6.45) is 2.69. The van der Waals surface area contributed by atoms with E-state index < -0.39 is 5.41 Å². The maximum Gasteiger partial charge on any atom is 0.238 e. The molecule has 6 heteroatoms. The van der Waals surface area contributed by atoms with Gasteiger partial charge >= 0.3 is 0 Å². The minimum atomic E-state index is -0.610. The number of pyridine rings is 1. The lowest BCUT2D eigenvalue weighted by atomic mass is 9.79. The van der Waals surface area contributed by atoms with Crippen molar-refractivity contribution in [1.29, 1.82) is 5.26 Å². The van der Waals surface area contributed by atoms with Crippen LogP contribution in [0.15, 0.2) is 36.5 Å². The molecular weight excluding hydrogens is 304 g/mol. The zero-order valence-electron chi connectivity index (χ0n) is 12.8. The Kier molecular flexibility index (Phi) is 3.10. The Balaban J connectivity index is 1.66. The molecule has 1 aromatic carbocycles. The summed E-state index contributed by atoms with van der Waals surface area (Å²) in [5.74, 6) is 0.277. The van der Waals surface area contributed by atoms with E-state index in [4.69, 9.17) is 5.26 Å². The molecule has 2 N–H and O–H groups in total. The zero-order chi connectivity index (χ0) is 16.7. The highest BCUT2D eigenvalue weighted by Crippen LogP contribution is 2.46. The number of fused-ring (bicyclic) bond motifs is 3. The van der Waals surface area contributed by atoms with Crippen molar-refractivity contribution in [3.63, 3.8) is 0 Å². The molecule has 0 radical (unpaired) electrons. The van der Waals surface area contributed by atoms with Crippen molar-refractivity contribution in [3.8, 4) is 6.07 Å². The van der Waals surface area contributed by atoms with Crippen LogP contribution in [-0.4, -0.2) is 16.8 Å². The van der Waals surface area contributed by atoms with Crippen LogP contribution >= 0.6 is 0 Å². The maximum atomic E-state index is 12.6. The van der Waals surface area contributed by atoms with Gasteiger partial charge in [0.25, 0.3) is 0 Å². The van der Waals surface area contributed by atoms with E-state index >= 15 is 0 Å². The second kappa shape index (κ2) is 5.17. The van der Waals surface area contributed by atoms with Gasteiger partial charge in [-0.3, -0.25) is 9.59 Å². The van der Waals surface area contributed by atoms with E-state index in [0.29, 0.717) is 24.3 Å². The number of hydrogen-bond donors (Lipinski definition) is 2. The SMILES string of the molecule is N#CCC(=O)Nc1ccc2c(c1)CC1(C2)C(=O)Nc2ncccc21. The fourth-order valence-electron chi connectivity index (χ4n) is 3.62. The van der Waals surface area contributed by atoms with Crippen LogP contribution in [0.2, 0.25) is 0 Å². The Hall–Kier alpha value is -3.20. The van der Waals surface area contributed by atoms with Crippen molar-refractivity contribution in [2.75, 3.05) is 10.6 Å². The van der Waals surface area contributed by atoms with E-state index in [1.54, 1.807) is 6.20 Å². The number of aromatic nitrogens is 1. The number of nitriles is 1. The van der Waals surface area contributed by atoms with Gasteiger partial charge in [-0.15, -0.1) is 0 Å². The standard InChI is InChI=1S/C18H14N4O2/c19-6-5-15(23)21-13-4-3-11-9-18(10-12(11)8-13)14-2-1-7-20-16(14)22-17(18)24/h1-4,7-8H,5,9-10H2,(H,21,23)(H,20,22,24). The molecule has 24 heavy (non-hydrogen) atoms. The van der Waals surface area contributed by atoms with Gasteiger partial charge in [-0.05, 0) is 42.2 Å². The van der Waals surface area contributed by atoms with Gasteiger partial charge in [-0.1, -0.05) is 12.1 Å². The van der Waals surface area contributed by atoms with Gasteiger partial charge < -0.3 is 10.6 Å². The zero-order valence-corrected chi connectivity index (χ0v) is 12.8. The van der Waals surface area contributed by atoms with Gasteiger partial charge in [0.2, 0.25) is 11.8 Å². The molecule has 0 saturated carbocycles. The smallest absolute Gasteiger partial charge is 0.238 e. The van der Waals surface area contributed by atoms with Gasteiger partial charge in [-0.25, -0.2) is 4.98 Å². The molecular formula is C18H14N4O2. The van der Waals surface area contributed by atoms with Gasteiger partial charge in [0, 0.05) is 17.4 Å². The van der Waals surface area contributed by atoms with Crippen LogP contribution in [0.25, 0.3) is 0 Å². The molecule has 2 amide bonds. The van der Waals surface area contributed by atoms with Crippen molar-refractivity contribution < 1.29 is 9.59 Å². The van der Waals surface area contributed by atoms with Crippen LogP contribution in [0.3, 0.4) is 0 Å². The Bertz CT molecular complexity index is 915. The summed E-state index contributed by atoms with van der Waals surface area (Å²) in [5, 5.41) is 14.2. The number of nitrogens with one attached hydrogen (secondary N) is 2. The molecule has 1 aliphatic heterocycles. The third-order valence-corrected chi connectivity index (χ3v) is 4.70. The van der Waals surface area contributed by atoms with Crippen molar-refractivity contribution >= 4 is 23.3 Å². The van der Waals surface area contributed by atoms with E-state index in [1.165, 1.54) is 0 Å². The Morgan fingerprint density at radius 2 is 2.17 bits per heavy atom. The minimum absolute atomic E-state index is 0.0255. The third-order valence-electron chi connectivity index (χ3n) is 4.70. The monoisotopic (exact) mass is 318 g/mol. The fourth-order valence-corrected chi connectivity index (χ4v) is 3.62. The molecule has 1 spiro atoms. The van der Waals surface area contributed by atoms with E-state index in [2.05, 4.69) is 15.6 Å². The third kappa shape index (κ3) is 2.06. The summed E-state index contributed by atoms with van der Waals surface area (Å²) in [5.41, 5.74) is 3.11. The van der Waals surface area contributed by atoms with Crippen LogP contribution in [0.5, 0.6) is 0 Å². The Morgan fingerprint density at radius 3 is 3.00 bits per heavy atom. The van der Waals surface area contributed by atoms with E-state index in [-0.39, 0.29) is 18.2 Å². The first-order valence-electron chi connectivity index (χ1n) is 7.68. The van der Waals surface area contributed by atoms with E-state index in [1.807, 2.05) is 36.4 Å². The van der Waals surface area contributed by atoms with Gasteiger partial charge in [-0.2, -0.15) is 5.26 Å². The van der Waals surface area contributed by atoms with Gasteiger partial charge in [0.1, 0.15) is 12.2 Å². The predicted molar refractivity (Wildman–Crippen MR) is 87.3 cm³/mol. The highest BCUT2D eigenvalue weighted by atomic mass is 16.2. The fraction of sp³-hybridized carbons (Fsp3) is 0.222. The first-order chi connectivity index (χ1) is 11.6. The molecule has 6 nitrogen and oxygen atoms in total. The Morgan fingerprint density at radius 1 is 1.33 bits per heavy atom. The quantitative estimate of drug-likeness (QED) is 0.884. The molecule has 1 aromatic heterocycles. The highest BCUT2D eigenvalue weighted by Gasteiger charge is 2.50.